The van der Waals surface area contributed by atoms with Gasteiger partial charge < -0.3 is 5.73 Å². The summed E-state index contributed by atoms with van der Waals surface area (Å²) < 4.78 is 29.1. The number of nitrogen functional groups attached to an aromatic ring is 1. The molecule has 0 radical (unpaired) electrons. The zero-order valence-electron chi connectivity index (χ0n) is 15.1. The molecule has 8 nitrogen and oxygen atoms in total. The van der Waals surface area contributed by atoms with Gasteiger partial charge in [-0.2, -0.15) is 17.6 Å². The second-order valence-electron chi connectivity index (χ2n) is 6.57. The predicted molar refractivity (Wildman–Crippen MR) is 115 cm³/mol. The molecule has 150 valence electrons. The number of nitrogens with two attached hydrogens (primary N) is 1. The summed E-state index contributed by atoms with van der Waals surface area (Å²) in [6.07, 6.45) is 5.77. The summed E-state index contributed by atoms with van der Waals surface area (Å²) in [4.78, 5) is 8.48. The molecule has 0 aliphatic rings. The van der Waals surface area contributed by atoms with Crippen molar-refractivity contribution in [3.8, 4) is 11.1 Å². The summed E-state index contributed by atoms with van der Waals surface area (Å²) in [6, 6.07) is 10.0. The van der Waals surface area contributed by atoms with E-state index in [9.17, 15) is 8.42 Å². The molecule has 0 aliphatic heterocycles. The maximum atomic E-state index is 13.4. The van der Waals surface area contributed by atoms with Gasteiger partial charge in [0.05, 0.1) is 12.4 Å². The van der Waals surface area contributed by atoms with Gasteiger partial charge in [0.25, 0.3) is 0 Å². The molecule has 0 saturated heterocycles. The summed E-state index contributed by atoms with van der Waals surface area (Å²) in [5.74, 6) is 0. The molecule has 0 aliphatic carbocycles. The van der Waals surface area contributed by atoms with E-state index in [2.05, 4.69) is 15.1 Å². The van der Waals surface area contributed by atoms with Gasteiger partial charge in [0.1, 0.15) is 16.7 Å². The number of pyridine rings is 2. The second-order valence-corrected chi connectivity index (χ2v) is 9.15. The van der Waals surface area contributed by atoms with Crippen molar-refractivity contribution in [3.63, 3.8) is 0 Å². The van der Waals surface area contributed by atoms with Crippen molar-refractivity contribution in [2.24, 2.45) is 0 Å². The fourth-order valence-electron chi connectivity index (χ4n) is 3.21. The minimum atomic E-state index is -4.08. The van der Waals surface area contributed by atoms with E-state index in [1.54, 1.807) is 42.6 Å². The lowest BCUT2D eigenvalue weighted by molar-refractivity contribution is 0.577. The van der Waals surface area contributed by atoms with E-state index >= 15 is 0 Å². The number of anilines is 1. The van der Waals surface area contributed by atoms with Crippen LogP contribution in [0.3, 0.4) is 0 Å². The number of imidazole rings is 1. The van der Waals surface area contributed by atoms with Crippen molar-refractivity contribution in [2.45, 2.75) is 5.03 Å². The fourth-order valence-corrected chi connectivity index (χ4v) is 5.07. The Balaban J connectivity index is 1.71. The van der Waals surface area contributed by atoms with Crippen molar-refractivity contribution in [3.05, 3.63) is 71.2 Å². The molecule has 0 amide bonds. The smallest absolute Gasteiger partial charge is 0.301 e. The van der Waals surface area contributed by atoms with E-state index in [1.165, 1.54) is 23.0 Å². The molecule has 30 heavy (non-hydrogen) atoms. The first kappa shape index (κ1) is 18.9. The van der Waals surface area contributed by atoms with Crippen LogP contribution in [-0.2, 0) is 10.0 Å². The Labute approximate surface area is 180 Å². The molecular weight excluding hydrogens is 447 g/mol. The molecular formula is C19H12Cl2N6O2S. The van der Waals surface area contributed by atoms with Crippen molar-refractivity contribution in [1.82, 2.24) is 23.6 Å². The van der Waals surface area contributed by atoms with Gasteiger partial charge in [0.2, 0.25) is 0 Å². The first-order chi connectivity index (χ1) is 14.3. The summed E-state index contributed by atoms with van der Waals surface area (Å²) in [5.41, 5.74) is 8.75. The number of nitrogens with zero attached hydrogens (tertiary/aromatic N) is 5. The number of aromatic nitrogens is 5. The molecule has 0 saturated carbocycles. The molecule has 0 unspecified atom stereocenters. The zero-order chi connectivity index (χ0) is 21.0. The fraction of sp³-hybridized carbons (Fsp3) is 0. The molecule has 0 bridgehead atoms. The Hall–Kier alpha value is -3.14. The predicted octanol–water partition coefficient (Wildman–Crippen LogP) is 3.87. The molecule has 0 spiro atoms. The van der Waals surface area contributed by atoms with Gasteiger partial charge in [-0.1, -0.05) is 23.2 Å². The van der Waals surface area contributed by atoms with Crippen LogP contribution < -0.4 is 5.73 Å². The number of fused-ring (bicyclic) bond motifs is 2. The van der Waals surface area contributed by atoms with Crippen LogP contribution in [0.2, 0.25) is 10.0 Å². The minimum absolute atomic E-state index is 0.0639. The number of hydrogen-bond acceptors (Lipinski definition) is 6. The molecule has 1 aromatic carbocycles. The van der Waals surface area contributed by atoms with Gasteiger partial charge in [-0.15, -0.1) is 0 Å². The summed E-state index contributed by atoms with van der Waals surface area (Å²) >= 11 is 12.2. The maximum Gasteiger partial charge on any atom is 0.301 e. The van der Waals surface area contributed by atoms with Gasteiger partial charge in [0.15, 0.2) is 5.03 Å². The van der Waals surface area contributed by atoms with Crippen molar-refractivity contribution in [2.75, 3.05) is 5.73 Å². The van der Waals surface area contributed by atoms with Crippen LogP contribution in [0.1, 0.15) is 0 Å². The Morgan fingerprint density at radius 2 is 1.67 bits per heavy atom. The first-order valence-electron chi connectivity index (χ1n) is 8.61. The summed E-state index contributed by atoms with van der Waals surface area (Å²) in [7, 11) is -4.08. The Morgan fingerprint density at radius 3 is 2.43 bits per heavy atom. The average Bonchev–Trinajstić information content (AvgIpc) is 3.31. The summed E-state index contributed by atoms with van der Waals surface area (Å²) in [6.45, 7) is 0. The highest BCUT2D eigenvalue weighted by Crippen LogP contribution is 2.29. The van der Waals surface area contributed by atoms with Crippen LogP contribution in [0.5, 0.6) is 0 Å². The molecule has 5 aromatic rings. The molecule has 11 heteroatoms. The lowest BCUT2D eigenvalue weighted by Crippen LogP contribution is -2.16. The van der Waals surface area contributed by atoms with E-state index in [0.29, 0.717) is 43.5 Å². The molecule has 0 atom stereocenters. The normalized spacial score (nSPS) is 12.1. The van der Waals surface area contributed by atoms with E-state index in [0.717, 1.165) is 4.09 Å². The van der Waals surface area contributed by atoms with Gasteiger partial charge in [0, 0.05) is 33.7 Å². The molecule has 2 N–H and O–H groups in total. The topological polar surface area (TPSA) is 108 Å². The molecule has 4 heterocycles. The van der Waals surface area contributed by atoms with Crippen LogP contribution >= 0.6 is 23.2 Å². The zero-order valence-corrected chi connectivity index (χ0v) is 17.4. The first-order valence-corrected chi connectivity index (χ1v) is 10.8. The Bertz CT molecular complexity index is 1540. The van der Waals surface area contributed by atoms with Crippen LogP contribution in [0.15, 0.2) is 66.2 Å². The quantitative estimate of drug-likeness (QED) is 0.439. The third-order valence-corrected chi connectivity index (χ3v) is 6.58. The van der Waals surface area contributed by atoms with Crippen molar-refractivity contribution >= 4 is 55.6 Å². The van der Waals surface area contributed by atoms with Crippen LogP contribution in [0, 0.1) is 0 Å². The van der Waals surface area contributed by atoms with Crippen molar-refractivity contribution in [1.29, 1.82) is 0 Å². The highest BCUT2D eigenvalue weighted by Gasteiger charge is 2.25. The molecule has 0 fully saturated rings. The Kier molecular flexibility index (Phi) is 4.21. The van der Waals surface area contributed by atoms with E-state index < -0.39 is 10.0 Å². The minimum Gasteiger partial charge on any atom is -0.398 e. The van der Waals surface area contributed by atoms with Crippen LogP contribution in [0.4, 0.5) is 5.69 Å². The third-order valence-electron chi connectivity index (χ3n) is 4.57. The number of hydrogen-bond donors (Lipinski definition) is 1. The Morgan fingerprint density at radius 1 is 0.900 bits per heavy atom. The highest BCUT2D eigenvalue weighted by molar-refractivity contribution is 7.90. The summed E-state index contributed by atoms with van der Waals surface area (Å²) in [5, 5.41) is 4.92. The van der Waals surface area contributed by atoms with E-state index in [4.69, 9.17) is 28.9 Å². The van der Waals surface area contributed by atoms with Gasteiger partial charge in [-0.3, -0.25) is 9.38 Å². The second kappa shape index (κ2) is 6.69. The largest absolute Gasteiger partial charge is 0.398 e. The number of rotatable bonds is 3. The lowest BCUT2D eigenvalue weighted by Gasteiger charge is -2.08. The monoisotopic (exact) mass is 458 g/mol. The van der Waals surface area contributed by atoms with E-state index in [-0.39, 0.29) is 5.03 Å². The van der Waals surface area contributed by atoms with Crippen LogP contribution in [-0.4, -0.2) is 32.0 Å². The number of benzene rings is 1. The maximum absolute atomic E-state index is 13.4. The molecule has 5 rings (SSSR count). The SMILES string of the molecule is Nc1ccc2ncc(S(=O)(=O)n3ncc4ncc(-c5cc(Cl)cc(Cl)c5)cc43)n2c1. The lowest BCUT2D eigenvalue weighted by atomic mass is 10.1. The molecule has 4 aromatic heterocycles. The van der Waals surface area contributed by atoms with Gasteiger partial charge in [-0.05, 0) is 42.0 Å². The van der Waals surface area contributed by atoms with Crippen LogP contribution in [0.25, 0.3) is 27.8 Å². The van der Waals surface area contributed by atoms with Crippen molar-refractivity contribution < 1.29 is 8.42 Å². The van der Waals surface area contributed by atoms with E-state index in [1.807, 2.05) is 0 Å². The number of halogens is 2. The standard InChI is InChI=1S/C19H12Cl2N6O2S/c20-13-3-11(4-14(21)6-13)12-5-17-16(23-7-12)8-25-27(17)30(28,29)19-9-24-18-2-1-15(22)10-26(18)19/h1-10H,22H2. The van der Waals surface area contributed by atoms with Gasteiger partial charge >= 0.3 is 10.0 Å². The average molecular weight is 459 g/mol. The third kappa shape index (κ3) is 2.98. The van der Waals surface area contributed by atoms with Gasteiger partial charge in [-0.25, -0.2) is 4.98 Å². The highest BCUT2D eigenvalue weighted by atomic mass is 35.5.